The number of carbonyl (C=O) groups excluding carboxylic acids is 1. The molecular formula is C22H20N4O2S. The second-order valence-electron chi connectivity index (χ2n) is 7.00. The van der Waals surface area contributed by atoms with E-state index in [2.05, 4.69) is 20.4 Å². The molecule has 0 unspecified atom stereocenters. The maximum absolute atomic E-state index is 12.6. The van der Waals surface area contributed by atoms with Gasteiger partial charge >= 0.3 is 0 Å². The largest absolute Gasteiger partial charge is 0.333 e. The van der Waals surface area contributed by atoms with Crippen molar-refractivity contribution in [2.24, 2.45) is 0 Å². The quantitative estimate of drug-likeness (QED) is 0.472. The Kier molecular flexibility index (Phi) is 5.22. The van der Waals surface area contributed by atoms with E-state index in [4.69, 9.17) is 4.52 Å². The van der Waals surface area contributed by atoms with Crippen LogP contribution in [0.5, 0.6) is 0 Å². The van der Waals surface area contributed by atoms with Crippen molar-refractivity contribution in [3.8, 4) is 22.2 Å². The molecule has 0 aliphatic carbocycles. The zero-order valence-corrected chi connectivity index (χ0v) is 17.2. The molecule has 1 amide bonds. The van der Waals surface area contributed by atoms with Crippen LogP contribution in [0.4, 0.5) is 5.13 Å². The Morgan fingerprint density at radius 1 is 1.07 bits per heavy atom. The van der Waals surface area contributed by atoms with Crippen LogP contribution in [0, 0.1) is 6.92 Å². The normalized spacial score (nSPS) is 11.0. The van der Waals surface area contributed by atoms with E-state index in [1.165, 1.54) is 11.3 Å². The summed E-state index contributed by atoms with van der Waals surface area (Å²) >= 11 is 1.34. The van der Waals surface area contributed by atoms with Crippen LogP contribution in [-0.4, -0.2) is 21.0 Å². The number of anilines is 1. The van der Waals surface area contributed by atoms with Crippen LogP contribution in [-0.2, 0) is 0 Å². The molecule has 0 fully saturated rings. The number of benzene rings is 2. The Morgan fingerprint density at radius 2 is 1.86 bits per heavy atom. The summed E-state index contributed by atoms with van der Waals surface area (Å²) in [5.41, 5.74) is 3.32. The third kappa shape index (κ3) is 4.09. The van der Waals surface area contributed by atoms with Gasteiger partial charge in [-0.2, -0.15) is 4.98 Å². The van der Waals surface area contributed by atoms with Gasteiger partial charge in [0, 0.05) is 11.1 Å². The number of thiazole rings is 1. The molecule has 0 aliphatic heterocycles. The molecule has 0 saturated carbocycles. The molecule has 0 radical (unpaired) electrons. The summed E-state index contributed by atoms with van der Waals surface area (Å²) in [5, 5.41) is 7.49. The Balaban J connectivity index is 1.64. The molecule has 2 aromatic carbocycles. The van der Waals surface area contributed by atoms with Crippen molar-refractivity contribution in [1.82, 2.24) is 15.1 Å². The minimum Gasteiger partial charge on any atom is -0.333 e. The first-order chi connectivity index (χ1) is 14.0. The maximum Gasteiger partial charge on any atom is 0.270 e. The van der Waals surface area contributed by atoms with Gasteiger partial charge in [0.2, 0.25) is 5.82 Å². The van der Waals surface area contributed by atoms with Crippen molar-refractivity contribution >= 4 is 22.4 Å². The van der Waals surface area contributed by atoms with Crippen molar-refractivity contribution < 1.29 is 9.32 Å². The van der Waals surface area contributed by atoms with Crippen molar-refractivity contribution in [1.29, 1.82) is 0 Å². The molecule has 2 aromatic heterocycles. The number of rotatable bonds is 5. The number of hydrogen-bond donors (Lipinski definition) is 1. The lowest BCUT2D eigenvalue weighted by atomic mass is 10.1. The summed E-state index contributed by atoms with van der Waals surface area (Å²) in [5.74, 6) is 0.868. The minimum absolute atomic E-state index is 0.137. The van der Waals surface area contributed by atoms with Crippen LogP contribution in [0.1, 0.15) is 41.4 Å². The Hall–Kier alpha value is -3.32. The van der Waals surface area contributed by atoms with Gasteiger partial charge in [0.05, 0.1) is 5.69 Å². The molecule has 4 rings (SSSR count). The molecule has 0 bridgehead atoms. The Labute approximate surface area is 172 Å². The lowest BCUT2D eigenvalue weighted by Gasteiger charge is -2.03. The molecule has 2 heterocycles. The van der Waals surface area contributed by atoms with Gasteiger partial charge in [0.1, 0.15) is 4.88 Å². The lowest BCUT2D eigenvalue weighted by Crippen LogP contribution is -2.11. The van der Waals surface area contributed by atoms with Gasteiger partial charge in [0.25, 0.3) is 11.8 Å². The predicted molar refractivity (Wildman–Crippen MR) is 114 cm³/mol. The van der Waals surface area contributed by atoms with Gasteiger partial charge in [-0.1, -0.05) is 78.4 Å². The minimum atomic E-state index is -0.195. The van der Waals surface area contributed by atoms with E-state index in [0.717, 1.165) is 21.7 Å². The fraction of sp³-hybridized carbons (Fsp3) is 0.182. The van der Waals surface area contributed by atoms with Crippen molar-refractivity contribution in [2.45, 2.75) is 26.7 Å². The highest BCUT2D eigenvalue weighted by Crippen LogP contribution is 2.37. The molecule has 7 heteroatoms. The first kappa shape index (κ1) is 19.0. The van der Waals surface area contributed by atoms with Crippen LogP contribution < -0.4 is 5.32 Å². The molecule has 1 N–H and O–H groups in total. The van der Waals surface area contributed by atoms with E-state index in [1.54, 1.807) is 6.07 Å². The molecule has 0 saturated heterocycles. The van der Waals surface area contributed by atoms with Crippen molar-refractivity contribution in [3.63, 3.8) is 0 Å². The van der Waals surface area contributed by atoms with Gasteiger partial charge < -0.3 is 4.52 Å². The highest BCUT2D eigenvalue weighted by Gasteiger charge is 2.22. The molecular weight excluding hydrogens is 384 g/mol. The third-order valence-electron chi connectivity index (χ3n) is 4.35. The number of nitrogens with zero attached hydrogens (tertiary/aromatic N) is 3. The van der Waals surface area contributed by atoms with Crippen molar-refractivity contribution in [3.05, 3.63) is 71.4 Å². The van der Waals surface area contributed by atoms with Crippen LogP contribution >= 0.6 is 11.3 Å². The van der Waals surface area contributed by atoms with Crippen LogP contribution in [0.2, 0.25) is 0 Å². The molecule has 0 aliphatic rings. The molecule has 0 atom stereocenters. The first-order valence-corrected chi connectivity index (χ1v) is 10.1. The number of carbonyl (C=O) groups is 1. The summed E-state index contributed by atoms with van der Waals surface area (Å²) in [4.78, 5) is 22.5. The predicted octanol–water partition coefficient (Wildman–Crippen LogP) is 5.54. The van der Waals surface area contributed by atoms with E-state index in [1.807, 2.05) is 69.3 Å². The summed E-state index contributed by atoms with van der Waals surface area (Å²) in [6.07, 6.45) is 0. The average molecular weight is 404 g/mol. The molecule has 146 valence electrons. The van der Waals surface area contributed by atoms with Crippen LogP contribution in [0.3, 0.4) is 0 Å². The van der Waals surface area contributed by atoms with Crippen LogP contribution in [0.15, 0.2) is 59.1 Å². The van der Waals surface area contributed by atoms with Crippen LogP contribution in [0.25, 0.3) is 22.2 Å². The van der Waals surface area contributed by atoms with E-state index < -0.39 is 0 Å². The second kappa shape index (κ2) is 7.97. The zero-order chi connectivity index (χ0) is 20.4. The summed E-state index contributed by atoms with van der Waals surface area (Å²) in [7, 11) is 0. The Bertz CT molecular complexity index is 1150. The fourth-order valence-corrected chi connectivity index (χ4v) is 3.94. The van der Waals surface area contributed by atoms with Gasteiger partial charge in [-0.3, -0.25) is 10.1 Å². The summed E-state index contributed by atoms with van der Waals surface area (Å²) < 4.78 is 5.51. The average Bonchev–Trinajstić information content (AvgIpc) is 3.36. The topological polar surface area (TPSA) is 80.9 Å². The number of nitrogens with one attached hydrogen (secondary N) is 1. The van der Waals surface area contributed by atoms with Gasteiger partial charge in [0.15, 0.2) is 5.13 Å². The molecule has 29 heavy (non-hydrogen) atoms. The number of amides is 1. The number of hydrogen-bond acceptors (Lipinski definition) is 6. The van der Waals surface area contributed by atoms with Gasteiger partial charge in [-0.05, 0) is 25.0 Å². The van der Waals surface area contributed by atoms with E-state index in [9.17, 15) is 4.79 Å². The standard InChI is InChI=1S/C22H20N4O2S/c1-13(2)17-18(21-24-19(26-28-21)15-9-5-4-6-10-15)29-22(23-17)25-20(27)16-11-7-8-14(3)12-16/h4-13H,1-3H3,(H,23,25,27). The summed E-state index contributed by atoms with van der Waals surface area (Å²) in [6, 6.07) is 17.1. The number of aromatic nitrogens is 3. The van der Waals surface area contributed by atoms with E-state index in [0.29, 0.717) is 22.4 Å². The fourth-order valence-electron chi connectivity index (χ4n) is 2.91. The first-order valence-electron chi connectivity index (χ1n) is 9.29. The molecule has 0 spiro atoms. The highest BCUT2D eigenvalue weighted by molar-refractivity contribution is 7.19. The van der Waals surface area contributed by atoms with Crippen molar-refractivity contribution in [2.75, 3.05) is 5.32 Å². The second-order valence-corrected chi connectivity index (χ2v) is 8.00. The van der Waals surface area contributed by atoms with E-state index in [-0.39, 0.29) is 11.8 Å². The highest BCUT2D eigenvalue weighted by atomic mass is 32.1. The SMILES string of the molecule is Cc1cccc(C(=O)Nc2nc(C(C)C)c(-c3nc(-c4ccccc4)no3)s2)c1. The van der Waals surface area contributed by atoms with Gasteiger partial charge in [-0.15, -0.1) is 0 Å². The zero-order valence-electron chi connectivity index (χ0n) is 16.3. The molecule has 4 aromatic rings. The van der Waals surface area contributed by atoms with Gasteiger partial charge in [-0.25, -0.2) is 4.98 Å². The lowest BCUT2D eigenvalue weighted by molar-refractivity contribution is 0.102. The van der Waals surface area contributed by atoms with E-state index >= 15 is 0 Å². The summed E-state index contributed by atoms with van der Waals surface area (Å²) in [6.45, 7) is 6.04. The maximum atomic E-state index is 12.6. The third-order valence-corrected chi connectivity index (χ3v) is 5.33. The monoisotopic (exact) mass is 404 g/mol. The molecule has 6 nitrogen and oxygen atoms in total. The number of aryl methyl sites for hydroxylation is 1. The Morgan fingerprint density at radius 3 is 2.59 bits per heavy atom. The smallest absolute Gasteiger partial charge is 0.270 e.